The second-order valence-corrected chi connectivity index (χ2v) is 12.6. The van der Waals surface area contributed by atoms with Gasteiger partial charge in [0, 0.05) is 23.0 Å². The monoisotopic (exact) mass is 641 g/mol. The van der Waals surface area contributed by atoms with Crippen molar-refractivity contribution in [1.29, 1.82) is 5.26 Å². The van der Waals surface area contributed by atoms with Crippen molar-refractivity contribution in [3.05, 3.63) is 99.0 Å². The van der Waals surface area contributed by atoms with Crippen LogP contribution in [0.15, 0.2) is 60.7 Å². The Morgan fingerprint density at radius 1 is 1.14 bits per heavy atom. The van der Waals surface area contributed by atoms with Gasteiger partial charge in [0.25, 0.3) is 0 Å². The smallest absolute Gasteiger partial charge is 0.338 e. The fourth-order valence-corrected chi connectivity index (χ4v) is 6.24. The van der Waals surface area contributed by atoms with Gasteiger partial charge in [-0.1, -0.05) is 68.2 Å². The molecule has 3 aromatic carbocycles. The summed E-state index contributed by atoms with van der Waals surface area (Å²) in [6.45, 7) is 7.20. The molecule has 1 fully saturated rings. The van der Waals surface area contributed by atoms with Gasteiger partial charge in [0.1, 0.15) is 17.0 Å². The van der Waals surface area contributed by atoms with Gasteiger partial charge >= 0.3 is 12.0 Å². The number of amides is 3. The summed E-state index contributed by atoms with van der Waals surface area (Å²) >= 11 is 12.2. The molecule has 230 valence electrons. The van der Waals surface area contributed by atoms with Crippen LogP contribution in [-0.2, 0) is 14.9 Å². The predicted octanol–water partition coefficient (Wildman–Crippen LogP) is 7.90. The number of benzene rings is 3. The fourth-order valence-electron chi connectivity index (χ4n) is 5.90. The quantitative estimate of drug-likeness (QED) is 0.193. The van der Waals surface area contributed by atoms with Gasteiger partial charge in [-0.05, 0) is 60.7 Å². The summed E-state index contributed by atoms with van der Waals surface area (Å²) in [6.07, 6.45) is 0.466. The van der Waals surface area contributed by atoms with Crippen molar-refractivity contribution in [1.82, 2.24) is 4.90 Å². The van der Waals surface area contributed by atoms with E-state index in [1.54, 1.807) is 6.92 Å². The first kappa shape index (κ1) is 32.9. The normalized spacial score (nSPS) is 19.8. The number of urea groups is 1. The largest absolute Gasteiger partial charge is 0.462 e. The Morgan fingerprint density at radius 2 is 1.84 bits per heavy atom. The lowest BCUT2D eigenvalue weighted by Crippen LogP contribution is -2.51. The van der Waals surface area contributed by atoms with Gasteiger partial charge < -0.3 is 9.64 Å². The van der Waals surface area contributed by atoms with Crippen LogP contribution < -0.4 is 4.90 Å². The highest BCUT2D eigenvalue weighted by atomic mass is 35.5. The van der Waals surface area contributed by atoms with Crippen molar-refractivity contribution >= 4 is 47.3 Å². The minimum atomic E-state index is -1.83. The number of halogens is 4. The number of hydrogen-bond acceptors (Lipinski definition) is 5. The van der Waals surface area contributed by atoms with Crippen LogP contribution in [0.2, 0.25) is 10.0 Å². The lowest BCUT2D eigenvalue weighted by Gasteiger charge is -2.40. The average Bonchev–Trinajstić information content (AvgIpc) is 3.28. The lowest BCUT2D eigenvalue weighted by molar-refractivity contribution is -0.107. The molecule has 0 spiro atoms. The van der Waals surface area contributed by atoms with Crippen molar-refractivity contribution in [3.63, 3.8) is 0 Å². The van der Waals surface area contributed by atoms with E-state index in [0.717, 1.165) is 11.0 Å². The molecule has 1 aliphatic heterocycles. The lowest BCUT2D eigenvalue weighted by atomic mass is 9.64. The number of imide groups is 1. The zero-order valence-electron chi connectivity index (χ0n) is 24.6. The van der Waals surface area contributed by atoms with Gasteiger partial charge in [-0.3, -0.25) is 4.79 Å². The number of anilines is 1. The fraction of sp³-hybridized carbons (Fsp3) is 0.333. The molecular weight excluding hydrogens is 611 g/mol. The third kappa shape index (κ3) is 6.15. The van der Waals surface area contributed by atoms with Crippen LogP contribution in [0.25, 0.3) is 0 Å². The molecule has 0 aliphatic carbocycles. The first-order chi connectivity index (χ1) is 20.8. The van der Waals surface area contributed by atoms with E-state index in [1.165, 1.54) is 59.5 Å². The number of nitriles is 1. The number of carbonyl (C=O) groups is 3. The number of rotatable bonds is 7. The molecule has 0 bridgehead atoms. The first-order valence-electron chi connectivity index (χ1n) is 13.9. The topological polar surface area (TPSA) is 90.7 Å². The van der Waals surface area contributed by atoms with Crippen LogP contribution >= 0.6 is 23.2 Å². The second kappa shape index (κ2) is 12.9. The van der Waals surface area contributed by atoms with Crippen LogP contribution in [0.5, 0.6) is 0 Å². The van der Waals surface area contributed by atoms with E-state index in [9.17, 15) is 19.6 Å². The summed E-state index contributed by atoms with van der Waals surface area (Å²) in [6, 6.07) is 14.4. The van der Waals surface area contributed by atoms with E-state index in [4.69, 9.17) is 27.9 Å². The summed E-state index contributed by atoms with van der Waals surface area (Å²) in [5.41, 5.74) is -2.21. The molecule has 44 heavy (non-hydrogen) atoms. The molecular formula is C33H31Cl2F2N3O4. The molecule has 0 radical (unpaired) electrons. The zero-order chi connectivity index (χ0) is 32.4. The molecule has 0 N–H and O–H groups in total. The second-order valence-electron chi connectivity index (χ2n) is 11.8. The van der Waals surface area contributed by atoms with Gasteiger partial charge in [-0.25, -0.2) is 23.3 Å². The van der Waals surface area contributed by atoms with E-state index >= 15 is 8.78 Å². The van der Waals surface area contributed by atoms with Gasteiger partial charge in [-0.15, -0.1) is 0 Å². The highest BCUT2D eigenvalue weighted by molar-refractivity contribution is 6.31. The summed E-state index contributed by atoms with van der Waals surface area (Å²) in [5.74, 6) is -3.34. The van der Waals surface area contributed by atoms with E-state index in [0.29, 0.717) is 6.41 Å². The number of ether oxygens (including phenoxy) is 1. The minimum absolute atomic E-state index is 0.0181. The third-order valence-electron chi connectivity index (χ3n) is 7.75. The highest BCUT2D eigenvalue weighted by Crippen LogP contribution is 2.54. The van der Waals surface area contributed by atoms with Crippen molar-refractivity contribution in [2.75, 3.05) is 18.1 Å². The SMILES string of the molecule is CCOC(=O)c1cccc(N(C=O)C(=O)N2C[C@H](c3cccc(Cl)c3F)[C@@](C#N)(c3ccc(Cl)cc3F)[C@@H]2CC(C)(C)C)c1. The number of nitrogens with zero attached hydrogens (tertiary/aromatic N) is 3. The molecule has 3 aromatic rings. The van der Waals surface area contributed by atoms with Crippen molar-refractivity contribution in [2.24, 2.45) is 5.41 Å². The van der Waals surface area contributed by atoms with Crippen LogP contribution in [-0.4, -0.2) is 42.5 Å². The van der Waals surface area contributed by atoms with Crippen molar-refractivity contribution in [3.8, 4) is 6.07 Å². The Hall–Kier alpha value is -4.00. The first-order valence-corrected chi connectivity index (χ1v) is 14.7. The predicted molar refractivity (Wildman–Crippen MR) is 164 cm³/mol. The Labute approximate surface area is 264 Å². The van der Waals surface area contributed by atoms with E-state index in [2.05, 4.69) is 6.07 Å². The number of likely N-dealkylation sites (tertiary alicyclic amines) is 1. The molecule has 0 unspecified atom stereocenters. The molecule has 4 rings (SSSR count). The Morgan fingerprint density at radius 3 is 2.45 bits per heavy atom. The summed E-state index contributed by atoms with van der Waals surface area (Å²) < 4.78 is 36.6. The molecule has 0 saturated carbocycles. The summed E-state index contributed by atoms with van der Waals surface area (Å²) in [5, 5.41) is 10.9. The van der Waals surface area contributed by atoms with E-state index in [1.807, 2.05) is 20.8 Å². The van der Waals surface area contributed by atoms with Crippen molar-refractivity contribution < 1.29 is 27.9 Å². The number of hydrogen-bond donors (Lipinski definition) is 0. The summed E-state index contributed by atoms with van der Waals surface area (Å²) in [7, 11) is 0. The molecule has 3 atom stereocenters. The molecule has 3 amide bonds. The third-order valence-corrected chi connectivity index (χ3v) is 8.27. The maximum Gasteiger partial charge on any atom is 0.338 e. The van der Waals surface area contributed by atoms with Crippen molar-refractivity contribution in [2.45, 2.75) is 51.5 Å². The van der Waals surface area contributed by atoms with Gasteiger partial charge in [0.15, 0.2) is 0 Å². The maximum absolute atomic E-state index is 15.8. The van der Waals surface area contributed by atoms with Crippen LogP contribution in [0.4, 0.5) is 19.3 Å². The van der Waals surface area contributed by atoms with E-state index < -0.39 is 46.4 Å². The molecule has 7 nitrogen and oxygen atoms in total. The van der Waals surface area contributed by atoms with Crippen LogP contribution in [0.3, 0.4) is 0 Å². The Bertz CT molecular complexity index is 1640. The van der Waals surface area contributed by atoms with Gasteiger partial charge in [-0.2, -0.15) is 5.26 Å². The Balaban J connectivity index is 1.96. The molecule has 11 heteroatoms. The number of esters is 1. The van der Waals surface area contributed by atoms with Gasteiger partial charge in [0.2, 0.25) is 6.41 Å². The van der Waals surface area contributed by atoms with Crippen LogP contribution in [0, 0.1) is 28.4 Å². The average molecular weight is 643 g/mol. The maximum atomic E-state index is 15.8. The number of carbonyl (C=O) groups excluding carboxylic acids is 3. The van der Waals surface area contributed by atoms with E-state index in [-0.39, 0.29) is 52.0 Å². The summed E-state index contributed by atoms with van der Waals surface area (Å²) in [4.78, 5) is 41.3. The standard InChI is InChI=1S/C33H31Cl2F2N3O4/c1-5-44-30(42)20-8-6-9-22(14-20)40(19-41)31(43)39-17-25(23-10-7-11-26(35)29(23)37)33(18-38,28(39)16-32(2,3)4)24-13-12-21(34)15-27(24)36/h6-15,19,25,28H,5,16-17H2,1-4H3/t25-,28+,33-/m1/s1. The molecule has 0 aromatic heterocycles. The molecule has 1 saturated heterocycles. The van der Waals surface area contributed by atoms with Gasteiger partial charge in [0.05, 0.1) is 35.0 Å². The molecule has 1 aliphatic rings. The zero-order valence-corrected chi connectivity index (χ0v) is 26.1. The Kier molecular flexibility index (Phi) is 9.67. The molecule has 1 heterocycles. The highest BCUT2D eigenvalue weighted by Gasteiger charge is 2.60. The minimum Gasteiger partial charge on any atom is -0.462 e. The van der Waals surface area contributed by atoms with Crippen LogP contribution in [0.1, 0.15) is 61.5 Å².